The lowest BCUT2D eigenvalue weighted by Gasteiger charge is -2.31. The van der Waals surface area contributed by atoms with Crippen molar-refractivity contribution in [2.75, 3.05) is 25.9 Å². The first-order valence-electron chi connectivity index (χ1n) is 6.04. The van der Waals surface area contributed by atoms with Crippen LogP contribution < -0.4 is 5.73 Å². The molecule has 16 heavy (non-hydrogen) atoms. The normalized spacial score (nSPS) is 20.2. The second kappa shape index (κ2) is 5.80. The van der Waals surface area contributed by atoms with Gasteiger partial charge in [-0.1, -0.05) is 6.92 Å². The highest BCUT2D eigenvalue weighted by molar-refractivity contribution is 7.99. The third-order valence-corrected chi connectivity index (χ3v) is 4.52. The minimum Gasteiger partial charge on any atom is -0.370 e. The van der Waals surface area contributed by atoms with Crippen molar-refractivity contribution in [2.45, 2.75) is 38.4 Å². The Kier molecular flexibility index (Phi) is 4.96. The molecule has 0 aromatic rings. The number of hydrogen-bond acceptors (Lipinski definition) is 2. The van der Waals surface area contributed by atoms with Crippen LogP contribution in [0.5, 0.6) is 0 Å². The van der Waals surface area contributed by atoms with Gasteiger partial charge < -0.3 is 10.6 Å². The van der Waals surface area contributed by atoms with E-state index in [-0.39, 0.29) is 4.75 Å². The largest absolute Gasteiger partial charge is 0.370 e. The fraction of sp³-hybridized carbons (Fsp3) is 0.917. The summed E-state index contributed by atoms with van der Waals surface area (Å²) in [6.45, 7) is 9.64. The Balaban J connectivity index is 2.44. The van der Waals surface area contributed by atoms with Crippen LogP contribution in [0.25, 0.3) is 0 Å². The standard InChI is InChI=1S/C12H25N3S/c1-10-5-7-15(8-6-10)11(13)14-9-12(2,3)16-4/h10H,5-9H2,1-4H3,(H2,13,14). The Bertz CT molecular complexity index is 243. The number of aliphatic imine (C=N–C) groups is 1. The first-order valence-corrected chi connectivity index (χ1v) is 7.27. The Labute approximate surface area is 104 Å². The Morgan fingerprint density at radius 2 is 2.00 bits per heavy atom. The zero-order chi connectivity index (χ0) is 12.2. The van der Waals surface area contributed by atoms with Crippen LogP contribution in [0.1, 0.15) is 33.6 Å². The fourth-order valence-corrected chi connectivity index (χ4v) is 1.87. The summed E-state index contributed by atoms with van der Waals surface area (Å²) in [5, 5.41) is 0. The van der Waals surface area contributed by atoms with E-state index in [2.05, 4.69) is 36.9 Å². The number of thioether (sulfide) groups is 1. The van der Waals surface area contributed by atoms with E-state index < -0.39 is 0 Å². The van der Waals surface area contributed by atoms with E-state index in [1.807, 2.05) is 11.8 Å². The Morgan fingerprint density at radius 3 is 2.50 bits per heavy atom. The maximum atomic E-state index is 6.02. The van der Waals surface area contributed by atoms with E-state index in [4.69, 9.17) is 5.73 Å². The molecule has 1 fully saturated rings. The van der Waals surface area contributed by atoms with E-state index in [9.17, 15) is 0 Å². The maximum Gasteiger partial charge on any atom is 0.191 e. The minimum atomic E-state index is 0.188. The second-order valence-electron chi connectivity index (χ2n) is 5.31. The van der Waals surface area contributed by atoms with Crippen LogP contribution in [0.3, 0.4) is 0 Å². The summed E-state index contributed by atoms with van der Waals surface area (Å²) in [5.74, 6) is 1.57. The van der Waals surface area contributed by atoms with Crippen molar-refractivity contribution in [2.24, 2.45) is 16.6 Å². The molecule has 3 nitrogen and oxygen atoms in total. The summed E-state index contributed by atoms with van der Waals surface area (Å²) < 4.78 is 0.188. The predicted molar refractivity (Wildman–Crippen MR) is 74.1 cm³/mol. The number of nitrogens with two attached hydrogens (primary N) is 1. The van der Waals surface area contributed by atoms with E-state index in [1.165, 1.54) is 12.8 Å². The average Bonchev–Trinajstić information content (AvgIpc) is 2.27. The molecule has 1 rings (SSSR count). The molecule has 1 aliphatic heterocycles. The molecule has 0 atom stereocenters. The van der Waals surface area contributed by atoms with E-state index in [1.54, 1.807) is 0 Å². The molecule has 0 radical (unpaired) electrons. The second-order valence-corrected chi connectivity index (χ2v) is 6.82. The number of guanidine groups is 1. The molecule has 4 heteroatoms. The molecule has 1 saturated heterocycles. The van der Waals surface area contributed by atoms with Crippen molar-refractivity contribution in [1.82, 2.24) is 4.90 Å². The number of rotatable bonds is 3. The monoisotopic (exact) mass is 243 g/mol. The molecular weight excluding hydrogens is 218 g/mol. The first kappa shape index (κ1) is 13.7. The molecule has 2 N–H and O–H groups in total. The van der Waals surface area contributed by atoms with Gasteiger partial charge in [-0.15, -0.1) is 0 Å². The third-order valence-electron chi connectivity index (χ3n) is 3.28. The molecule has 0 spiro atoms. The van der Waals surface area contributed by atoms with Gasteiger partial charge in [-0.3, -0.25) is 4.99 Å². The molecule has 0 aliphatic carbocycles. The predicted octanol–water partition coefficient (Wildman–Crippen LogP) is 2.17. The zero-order valence-electron chi connectivity index (χ0n) is 11.0. The summed E-state index contributed by atoms with van der Waals surface area (Å²) >= 11 is 1.83. The van der Waals surface area contributed by atoms with Crippen molar-refractivity contribution < 1.29 is 0 Å². The van der Waals surface area contributed by atoms with Crippen LogP contribution in [0.4, 0.5) is 0 Å². The van der Waals surface area contributed by atoms with Gasteiger partial charge in [-0.25, -0.2) is 0 Å². The molecule has 1 aliphatic rings. The SMILES string of the molecule is CSC(C)(C)CN=C(N)N1CCC(C)CC1. The number of hydrogen-bond donors (Lipinski definition) is 1. The van der Waals surface area contributed by atoms with Crippen molar-refractivity contribution in [3.05, 3.63) is 0 Å². The van der Waals surface area contributed by atoms with Crippen LogP contribution in [0.2, 0.25) is 0 Å². The molecule has 0 amide bonds. The van der Waals surface area contributed by atoms with Gasteiger partial charge in [0.1, 0.15) is 0 Å². The van der Waals surface area contributed by atoms with Gasteiger partial charge in [-0.2, -0.15) is 11.8 Å². The molecule has 1 heterocycles. The van der Waals surface area contributed by atoms with Crippen molar-refractivity contribution in [3.63, 3.8) is 0 Å². The third kappa shape index (κ3) is 4.24. The van der Waals surface area contributed by atoms with Gasteiger partial charge in [0.15, 0.2) is 5.96 Å². The molecule has 0 unspecified atom stereocenters. The molecule has 0 bridgehead atoms. The van der Waals surface area contributed by atoms with Gasteiger partial charge in [0.25, 0.3) is 0 Å². The molecule has 0 aromatic carbocycles. The maximum absolute atomic E-state index is 6.02. The van der Waals surface area contributed by atoms with Gasteiger partial charge in [0, 0.05) is 17.8 Å². The van der Waals surface area contributed by atoms with Crippen molar-refractivity contribution in [1.29, 1.82) is 0 Å². The van der Waals surface area contributed by atoms with Crippen LogP contribution in [0.15, 0.2) is 4.99 Å². The van der Waals surface area contributed by atoms with Crippen LogP contribution in [0, 0.1) is 5.92 Å². The lowest BCUT2D eigenvalue weighted by Crippen LogP contribution is -2.43. The van der Waals surface area contributed by atoms with Crippen LogP contribution in [-0.4, -0.2) is 41.5 Å². The smallest absolute Gasteiger partial charge is 0.191 e. The fourth-order valence-electron chi connectivity index (χ4n) is 1.67. The summed E-state index contributed by atoms with van der Waals surface area (Å²) in [6, 6.07) is 0. The summed E-state index contributed by atoms with van der Waals surface area (Å²) in [7, 11) is 0. The highest BCUT2D eigenvalue weighted by atomic mass is 32.2. The topological polar surface area (TPSA) is 41.6 Å². The highest BCUT2D eigenvalue weighted by Gasteiger charge is 2.19. The quantitative estimate of drug-likeness (QED) is 0.610. The van der Waals surface area contributed by atoms with Gasteiger partial charge >= 0.3 is 0 Å². The van der Waals surface area contributed by atoms with Gasteiger partial charge in [0.2, 0.25) is 0 Å². The number of piperidine rings is 1. The lowest BCUT2D eigenvalue weighted by atomic mass is 10.00. The number of nitrogens with zero attached hydrogens (tertiary/aromatic N) is 2. The average molecular weight is 243 g/mol. The Morgan fingerprint density at radius 1 is 1.44 bits per heavy atom. The molecular formula is C12H25N3S. The van der Waals surface area contributed by atoms with Crippen LogP contribution >= 0.6 is 11.8 Å². The van der Waals surface area contributed by atoms with Crippen LogP contribution in [-0.2, 0) is 0 Å². The van der Waals surface area contributed by atoms with Gasteiger partial charge in [-0.05, 0) is 38.9 Å². The van der Waals surface area contributed by atoms with E-state index in [0.29, 0.717) is 0 Å². The summed E-state index contributed by atoms with van der Waals surface area (Å²) in [4.78, 5) is 6.73. The molecule has 0 aromatic heterocycles. The number of likely N-dealkylation sites (tertiary alicyclic amines) is 1. The first-order chi connectivity index (χ1) is 7.44. The molecule has 0 saturated carbocycles. The van der Waals surface area contributed by atoms with E-state index in [0.717, 1.165) is 31.5 Å². The highest BCUT2D eigenvalue weighted by Crippen LogP contribution is 2.21. The minimum absolute atomic E-state index is 0.188. The Hall–Kier alpha value is -0.380. The van der Waals surface area contributed by atoms with E-state index >= 15 is 0 Å². The molecule has 94 valence electrons. The van der Waals surface area contributed by atoms with Gasteiger partial charge in [0.05, 0.1) is 6.54 Å². The van der Waals surface area contributed by atoms with Crippen molar-refractivity contribution in [3.8, 4) is 0 Å². The summed E-state index contributed by atoms with van der Waals surface area (Å²) in [6.07, 6.45) is 4.60. The zero-order valence-corrected chi connectivity index (χ0v) is 11.8. The van der Waals surface area contributed by atoms with Crippen molar-refractivity contribution >= 4 is 17.7 Å². The summed E-state index contributed by atoms with van der Waals surface area (Å²) in [5.41, 5.74) is 6.02. The lowest BCUT2D eigenvalue weighted by molar-refractivity contribution is 0.277.